The number of aromatic hydroxyl groups is 1. The number of hydrogen-bond acceptors (Lipinski definition) is 3. The third kappa shape index (κ3) is 1.52. The molecule has 0 aromatic carbocycles. The highest BCUT2D eigenvalue weighted by Gasteiger charge is 2.08. The van der Waals surface area contributed by atoms with Crippen LogP contribution < -0.4 is 0 Å². The number of rotatable bonds is 0. The number of nitrogens with zero attached hydrogens (tertiary/aromatic N) is 2. The van der Waals surface area contributed by atoms with Gasteiger partial charge in [0.2, 0.25) is 0 Å². The van der Waals surface area contributed by atoms with E-state index in [4.69, 9.17) is 10.4 Å². The Morgan fingerprint density at radius 3 is 2.64 bits per heavy atom. The Hall–Kier alpha value is -0.600. The van der Waals surface area contributed by atoms with Gasteiger partial charge in [-0.05, 0) is 31.9 Å². The average molecular weight is 278 g/mol. The van der Waals surface area contributed by atoms with Crippen LogP contribution in [-0.4, -0.2) is 10.1 Å². The van der Waals surface area contributed by atoms with E-state index < -0.39 is 0 Å². The van der Waals surface area contributed by atoms with Crippen molar-refractivity contribution in [2.24, 2.45) is 0 Å². The van der Waals surface area contributed by atoms with Crippen molar-refractivity contribution in [3.63, 3.8) is 0 Å². The van der Waals surface area contributed by atoms with E-state index >= 15 is 0 Å². The van der Waals surface area contributed by atoms with Crippen LogP contribution in [0.4, 0.5) is 0 Å². The maximum atomic E-state index is 9.07. The predicted molar refractivity (Wildman–Crippen MR) is 46.0 cm³/mol. The lowest BCUT2D eigenvalue weighted by atomic mass is 10.4. The van der Waals surface area contributed by atoms with Gasteiger partial charge >= 0.3 is 0 Å². The smallest absolute Gasteiger partial charge is 0.156 e. The zero-order valence-corrected chi connectivity index (χ0v) is 8.35. The summed E-state index contributed by atoms with van der Waals surface area (Å²) in [5.74, 6) is 0.0101. The molecule has 0 unspecified atom stereocenters. The van der Waals surface area contributed by atoms with Gasteiger partial charge in [0.25, 0.3) is 0 Å². The van der Waals surface area contributed by atoms with Crippen molar-refractivity contribution in [2.75, 3.05) is 0 Å². The van der Waals surface area contributed by atoms with Crippen LogP contribution in [0.5, 0.6) is 5.75 Å². The molecule has 56 valence electrons. The normalized spacial score (nSPS) is 9.18. The molecule has 0 fully saturated rings. The molecule has 0 aliphatic heterocycles. The number of pyridine rings is 1. The minimum atomic E-state index is 0.0101. The van der Waals surface area contributed by atoms with Crippen LogP contribution in [0.25, 0.3) is 0 Å². The van der Waals surface area contributed by atoms with E-state index in [-0.39, 0.29) is 11.4 Å². The van der Waals surface area contributed by atoms with E-state index in [1.807, 2.05) is 6.07 Å². The summed E-state index contributed by atoms with van der Waals surface area (Å²) in [6.07, 6.45) is 1.22. The summed E-state index contributed by atoms with van der Waals surface area (Å²) in [7, 11) is 0. The molecule has 1 aromatic rings. The van der Waals surface area contributed by atoms with Gasteiger partial charge in [0, 0.05) is 0 Å². The quantitative estimate of drug-likeness (QED) is 0.791. The lowest BCUT2D eigenvalue weighted by molar-refractivity contribution is 0.468. The molecule has 1 aromatic heterocycles. The van der Waals surface area contributed by atoms with E-state index in [9.17, 15) is 0 Å². The summed E-state index contributed by atoms with van der Waals surface area (Å²) < 4.78 is 0.920. The maximum Gasteiger partial charge on any atom is 0.156 e. The first kappa shape index (κ1) is 8.50. The molecular formula is C6H2Br2N2O. The van der Waals surface area contributed by atoms with Crippen LogP contribution in [0, 0.1) is 11.3 Å². The zero-order chi connectivity index (χ0) is 8.43. The number of halogens is 2. The van der Waals surface area contributed by atoms with Gasteiger partial charge in [-0.2, -0.15) is 5.26 Å². The van der Waals surface area contributed by atoms with Crippen LogP contribution in [0.3, 0.4) is 0 Å². The molecule has 11 heavy (non-hydrogen) atoms. The van der Waals surface area contributed by atoms with Gasteiger partial charge < -0.3 is 5.11 Å². The lowest BCUT2D eigenvalue weighted by Gasteiger charge is -1.98. The van der Waals surface area contributed by atoms with E-state index in [0.717, 1.165) is 0 Å². The number of nitriles is 1. The fourth-order valence-electron chi connectivity index (χ4n) is 0.533. The lowest BCUT2D eigenvalue weighted by Crippen LogP contribution is -1.84. The second-order valence-corrected chi connectivity index (χ2v) is 3.32. The van der Waals surface area contributed by atoms with Crippen molar-refractivity contribution in [3.05, 3.63) is 20.8 Å². The highest BCUT2D eigenvalue weighted by molar-refractivity contribution is 9.13. The molecule has 0 bridgehead atoms. The summed E-state index contributed by atoms with van der Waals surface area (Å²) >= 11 is 6.18. The molecule has 0 atom stereocenters. The zero-order valence-electron chi connectivity index (χ0n) is 5.17. The molecule has 1 N–H and O–H groups in total. The first-order chi connectivity index (χ1) is 5.16. The summed E-state index contributed by atoms with van der Waals surface area (Å²) in [6, 6.07) is 1.86. The molecule has 5 heteroatoms. The first-order valence-corrected chi connectivity index (χ1v) is 4.18. The third-order valence-corrected chi connectivity index (χ3v) is 3.15. The van der Waals surface area contributed by atoms with Crippen LogP contribution in [0.1, 0.15) is 5.69 Å². The summed E-state index contributed by atoms with van der Waals surface area (Å²) in [5.41, 5.74) is 0.245. The molecule has 1 heterocycles. The van der Waals surface area contributed by atoms with Crippen LogP contribution >= 0.6 is 31.9 Å². The standard InChI is InChI=1S/C6H2Br2N2O/c7-5-3(1-9)10-2-4(11)6(5)8/h2,11H. The average Bonchev–Trinajstić information content (AvgIpc) is 2.01. The molecule has 0 aliphatic carbocycles. The maximum absolute atomic E-state index is 9.07. The summed E-state index contributed by atoms with van der Waals surface area (Å²) in [4.78, 5) is 3.67. The molecule has 0 amide bonds. The van der Waals surface area contributed by atoms with E-state index in [1.165, 1.54) is 6.20 Å². The SMILES string of the molecule is N#Cc1ncc(O)c(Br)c1Br. The largest absolute Gasteiger partial charge is 0.505 e. The number of aromatic nitrogens is 1. The van der Waals surface area contributed by atoms with Crippen molar-refractivity contribution in [3.8, 4) is 11.8 Å². The monoisotopic (exact) mass is 276 g/mol. The highest BCUT2D eigenvalue weighted by atomic mass is 79.9. The Morgan fingerprint density at radius 1 is 1.45 bits per heavy atom. The molecule has 0 spiro atoms. The fraction of sp³-hybridized carbons (Fsp3) is 0. The Balaban J connectivity index is 3.40. The molecule has 0 aliphatic rings. The Bertz CT molecular complexity index is 332. The fourth-order valence-corrected chi connectivity index (χ4v) is 1.22. The molecule has 0 saturated carbocycles. The number of hydrogen-bond donors (Lipinski definition) is 1. The van der Waals surface area contributed by atoms with Crippen molar-refractivity contribution < 1.29 is 5.11 Å². The van der Waals surface area contributed by atoms with Crippen LogP contribution in [0.15, 0.2) is 15.1 Å². The van der Waals surface area contributed by atoms with Crippen LogP contribution in [-0.2, 0) is 0 Å². The minimum Gasteiger partial charge on any atom is -0.505 e. The minimum absolute atomic E-state index is 0.0101. The van der Waals surface area contributed by atoms with Gasteiger partial charge in [-0.25, -0.2) is 4.98 Å². The van der Waals surface area contributed by atoms with E-state index in [1.54, 1.807) is 0 Å². The second-order valence-electron chi connectivity index (χ2n) is 1.73. The molecular weight excluding hydrogens is 276 g/mol. The van der Waals surface area contributed by atoms with Gasteiger partial charge in [-0.3, -0.25) is 0 Å². The Morgan fingerprint density at radius 2 is 2.09 bits per heavy atom. The van der Waals surface area contributed by atoms with Crippen molar-refractivity contribution >= 4 is 31.9 Å². The summed E-state index contributed by atoms with van der Waals surface area (Å²) in [6.45, 7) is 0. The van der Waals surface area contributed by atoms with Gasteiger partial charge in [0.1, 0.15) is 11.8 Å². The predicted octanol–water partition coefficient (Wildman–Crippen LogP) is 2.18. The Labute approximate surface area is 79.9 Å². The first-order valence-electron chi connectivity index (χ1n) is 2.60. The third-order valence-electron chi connectivity index (χ3n) is 1.05. The summed E-state index contributed by atoms with van der Waals surface area (Å²) in [5, 5.41) is 17.6. The van der Waals surface area contributed by atoms with Gasteiger partial charge in [-0.15, -0.1) is 0 Å². The topological polar surface area (TPSA) is 56.9 Å². The molecule has 0 radical (unpaired) electrons. The van der Waals surface area contributed by atoms with Gasteiger partial charge in [0.05, 0.1) is 15.1 Å². The Kier molecular flexibility index (Phi) is 2.47. The van der Waals surface area contributed by atoms with Crippen molar-refractivity contribution in [1.82, 2.24) is 4.98 Å². The van der Waals surface area contributed by atoms with E-state index in [0.29, 0.717) is 8.95 Å². The van der Waals surface area contributed by atoms with Crippen LogP contribution in [0.2, 0.25) is 0 Å². The van der Waals surface area contributed by atoms with Crippen molar-refractivity contribution in [2.45, 2.75) is 0 Å². The highest BCUT2D eigenvalue weighted by Crippen LogP contribution is 2.32. The molecule has 0 saturated heterocycles. The van der Waals surface area contributed by atoms with E-state index in [2.05, 4.69) is 36.8 Å². The molecule has 3 nitrogen and oxygen atoms in total. The van der Waals surface area contributed by atoms with Gasteiger partial charge in [-0.1, -0.05) is 0 Å². The second kappa shape index (κ2) is 3.20. The van der Waals surface area contributed by atoms with Crippen molar-refractivity contribution in [1.29, 1.82) is 5.26 Å². The van der Waals surface area contributed by atoms with Gasteiger partial charge in [0.15, 0.2) is 5.69 Å². The molecule has 1 rings (SSSR count).